The van der Waals surface area contributed by atoms with Crippen LogP contribution in [0.15, 0.2) is 36.4 Å². The van der Waals surface area contributed by atoms with Gasteiger partial charge in [-0.2, -0.15) is 5.10 Å². The van der Waals surface area contributed by atoms with Crippen molar-refractivity contribution in [3.63, 3.8) is 0 Å². The monoisotopic (exact) mass is 232 g/mol. The zero-order valence-electron chi connectivity index (χ0n) is 8.93. The minimum absolute atomic E-state index is 0.572. The van der Waals surface area contributed by atoms with E-state index in [0.717, 1.165) is 17.0 Å². The molecule has 1 aromatic heterocycles. The molecule has 0 amide bonds. The van der Waals surface area contributed by atoms with Gasteiger partial charge in [0.15, 0.2) is 0 Å². The molecule has 0 unspecified atom stereocenters. The van der Waals surface area contributed by atoms with Crippen molar-refractivity contribution in [1.82, 2.24) is 10.2 Å². The van der Waals surface area contributed by atoms with E-state index in [9.17, 15) is 0 Å². The number of aromatic nitrogens is 2. The number of aromatic amines is 1. The Kier molecular flexibility index (Phi) is 3.31. The Morgan fingerprint density at radius 3 is 2.75 bits per heavy atom. The molecule has 1 N–H and O–H groups in total. The summed E-state index contributed by atoms with van der Waals surface area (Å²) >= 11 is 5.03. The van der Waals surface area contributed by atoms with Gasteiger partial charge in [-0.15, -0.1) is 0 Å². The average molecular weight is 232 g/mol. The Morgan fingerprint density at radius 2 is 2.06 bits per heavy atom. The van der Waals surface area contributed by atoms with Crippen molar-refractivity contribution < 1.29 is 4.74 Å². The lowest BCUT2D eigenvalue weighted by Crippen LogP contribution is -1.97. The number of hydrogen-bond acceptors (Lipinski definition) is 3. The summed E-state index contributed by atoms with van der Waals surface area (Å²) in [5.41, 5.74) is 1.80. The smallest absolute Gasteiger partial charge is 0.150 e. The van der Waals surface area contributed by atoms with E-state index in [1.807, 2.05) is 37.3 Å². The van der Waals surface area contributed by atoms with E-state index in [1.54, 1.807) is 6.07 Å². The lowest BCUT2D eigenvalue weighted by molar-refractivity contribution is 0.339. The summed E-state index contributed by atoms with van der Waals surface area (Å²) in [5.74, 6) is 0.720. The number of nitrogens with zero attached hydrogens (tertiary/aromatic N) is 1. The van der Waals surface area contributed by atoms with Gasteiger partial charge in [-0.05, 0) is 6.92 Å². The third-order valence-electron chi connectivity index (χ3n) is 2.12. The minimum Gasteiger partial charge on any atom is -0.491 e. The van der Waals surface area contributed by atoms with Gasteiger partial charge in [0.25, 0.3) is 0 Å². The van der Waals surface area contributed by atoms with Crippen molar-refractivity contribution in [2.45, 2.75) is 6.92 Å². The topological polar surface area (TPSA) is 37.9 Å². The standard InChI is InChI=1S/C12H12N2OS/c1-2-15-10-8-11(16)13-14-12(10)9-6-4-3-5-7-9/h3-8H,2H2,1H3,(H,13,16). The molecule has 0 bridgehead atoms. The Morgan fingerprint density at radius 1 is 1.31 bits per heavy atom. The molecule has 1 heterocycles. The number of hydrogen-bond donors (Lipinski definition) is 1. The molecule has 2 rings (SSSR count). The highest BCUT2D eigenvalue weighted by Crippen LogP contribution is 2.26. The first-order valence-corrected chi connectivity index (χ1v) is 5.50. The number of nitrogens with one attached hydrogen (secondary N) is 1. The molecular formula is C12H12N2OS. The maximum Gasteiger partial charge on any atom is 0.150 e. The van der Waals surface area contributed by atoms with E-state index < -0.39 is 0 Å². The quantitative estimate of drug-likeness (QED) is 0.826. The third kappa shape index (κ3) is 2.28. The van der Waals surface area contributed by atoms with E-state index >= 15 is 0 Å². The number of benzene rings is 1. The van der Waals surface area contributed by atoms with Crippen LogP contribution in [-0.4, -0.2) is 16.8 Å². The second-order valence-electron chi connectivity index (χ2n) is 3.24. The van der Waals surface area contributed by atoms with Gasteiger partial charge < -0.3 is 4.74 Å². The van der Waals surface area contributed by atoms with Crippen LogP contribution in [0.1, 0.15) is 6.92 Å². The molecule has 0 aliphatic heterocycles. The molecule has 0 atom stereocenters. The summed E-state index contributed by atoms with van der Waals surface area (Å²) in [6, 6.07) is 11.7. The van der Waals surface area contributed by atoms with Gasteiger partial charge in [0.1, 0.15) is 16.1 Å². The van der Waals surface area contributed by atoms with Gasteiger partial charge >= 0.3 is 0 Å². The second-order valence-corrected chi connectivity index (χ2v) is 3.68. The molecule has 16 heavy (non-hydrogen) atoms. The van der Waals surface area contributed by atoms with Crippen molar-refractivity contribution in [3.8, 4) is 17.0 Å². The molecule has 0 saturated carbocycles. The van der Waals surface area contributed by atoms with Crippen LogP contribution in [-0.2, 0) is 0 Å². The largest absolute Gasteiger partial charge is 0.491 e. The Balaban J connectivity index is 2.52. The molecule has 82 valence electrons. The van der Waals surface area contributed by atoms with Crippen molar-refractivity contribution in [2.24, 2.45) is 0 Å². The molecule has 0 fully saturated rings. The van der Waals surface area contributed by atoms with Crippen LogP contribution in [0.3, 0.4) is 0 Å². The fourth-order valence-corrected chi connectivity index (χ4v) is 1.61. The van der Waals surface area contributed by atoms with Crippen LogP contribution < -0.4 is 4.74 Å². The normalized spacial score (nSPS) is 10.1. The van der Waals surface area contributed by atoms with E-state index in [-0.39, 0.29) is 0 Å². The molecule has 4 heteroatoms. The van der Waals surface area contributed by atoms with Crippen LogP contribution in [0.2, 0.25) is 0 Å². The first-order chi connectivity index (χ1) is 7.81. The van der Waals surface area contributed by atoms with Gasteiger partial charge in [0, 0.05) is 11.6 Å². The highest BCUT2D eigenvalue weighted by Gasteiger charge is 2.07. The van der Waals surface area contributed by atoms with Crippen LogP contribution in [0.4, 0.5) is 0 Å². The first kappa shape index (κ1) is 10.8. The molecule has 3 nitrogen and oxygen atoms in total. The van der Waals surface area contributed by atoms with Gasteiger partial charge in [0.05, 0.1) is 6.61 Å². The van der Waals surface area contributed by atoms with Crippen LogP contribution in [0.5, 0.6) is 5.75 Å². The molecule has 1 aromatic carbocycles. The fourth-order valence-electron chi connectivity index (χ4n) is 1.45. The zero-order chi connectivity index (χ0) is 11.4. The number of ether oxygens (including phenoxy) is 1. The maximum atomic E-state index is 5.52. The van der Waals surface area contributed by atoms with Crippen LogP contribution >= 0.6 is 12.2 Å². The van der Waals surface area contributed by atoms with Gasteiger partial charge in [-0.3, -0.25) is 5.10 Å². The summed E-state index contributed by atoms with van der Waals surface area (Å²) in [6.07, 6.45) is 0. The Bertz CT molecular complexity index is 522. The van der Waals surface area contributed by atoms with Gasteiger partial charge in [-0.25, -0.2) is 0 Å². The van der Waals surface area contributed by atoms with Crippen molar-refractivity contribution >= 4 is 12.2 Å². The minimum atomic E-state index is 0.572. The summed E-state index contributed by atoms with van der Waals surface area (Å²) in [7, 11) is 0. The van der Waals surface area contributed by atoms with Crippen LogP contribution in [0, 0.1) is 4.64 Å². The molecule has 0 spiro atoms. The zero-order valence-corrected chi connectivity index (χ0v) is 9.75. The highest BCUT2D eigenvalue weighted by atomic mass is 32.1. The van der Waals surface area contributed by atoms with Crippen molar-refractivity contribution in [2.75, 3.05) is 6.61 Å². The van der Waals surface area contributed by atoms with E-state index in [4.69, 9.17) is 17.0 Å². The predicted molar refractivity (Wildman–Crippen MR) is 66.0 cm³/mol. The van der Waals surface area contributed by atoms with Gasteiger partial charge in [-0.1, -0.05) is 42.5 Å². The van der Waals surface area contributed by atoms with E-state index in [0.29, 0.717) is 11.2 Å². The molecule has 2 aromatic rings. The van der Waals surface area contributed by atoms with Crippen LogP contribution in [0.25, 0.3) is 11.3 Å². The molecule has 0 radical (unpaired) electrons. The molecule has 0 aliphatic carbocycles. The average Bonchev–Trinajstić information content (AvgIpc) is 2.31. The summed E-state index contributed by atoms with van der Waals surface area (Å²) in [6.45, 7) is 2.54. The summed E-state index contributed by atoms with van der Waals surface area (Å²) in [5, 5.41) is 6.99. The summed E-state index contributed by atoms with van der Waals surface area (Å²) < 4.78 is 6.10. The third-order valence-corrected chi connectivity index (χ3v) is 2.33. The number of rotatable bonds is 3. The SMILES string of the molecule is CCOc1cc(=S)[nH]nc1-c1ccccc1. The molecule has 0 saturated heterocycles. The van der Waals surface area contributed by atoms with E-state index in [2.05, 4.69) is 10.2 Å². The first-order valence-electron chi connectivity index (χ1n) is 5.09. The molecule has 0 aliphatic rings. The Hall–Kier alpha value is -1.68. The van der Waals surface area contributed by atoms with Gasteiger partial charge in [0.2, 0.25) is 0 Å². The lowest BCUT2D eigenvalue weighted by atomic mass is 10.1. The van der Waals surface area contributed by atoms with Crippen molar-refractivity contribution in [3.05, 3.63) is 41.0 Å². The maximum absolute atomic E-state index is 5.52. The van der Waals surface area contributed by atoms with E-state index in [1.165, 1.54) is 0 Å². The predicted octanol–water partition coefficient (Wildman–Crippen LogP) is 3.20. The summed E-state index contributed by atoms with van der Waals surface area (Å²) in [4.78, 5) is 0. The molecular weight excluding hydrogens is 220 g/mol. The second kappa shape index (κ2) is 4.90. The fraction of sp³-hybridized carbons (Fsp3) is 0.167. The number of H-pyrrole nitrogens is 1. The highest BCUT2D eigenvalue weighted by molar-refractivity contribution is 7.71. The van der Waals surface area contributed by atoms with Crippen molar-refractivity contribution in [1.29, 1.82) is 0 Å². The lowest BCUT2D eigenvalue weighted by Gasteiger charge is -2.08. The Labute approximate surface area is 99.1 Å².